The molecule has 1 aromatic heterocycles. The fourth-order valence-electron chi connectivity index (χ4n) is 1.12. The molecule has 0 atom stereocenters. The van der Waals surface area contributed by atoms with Crippen LogP contribution in [0.1, 0.15) is 17.7 Å². The normalized spacial score (nSPS) is 10.3. The van der Waals surface area contributed by atoms with Crippen LogP contribution in [0.25, 0.3) is 0 Å². The van der Waals surface area contributed by atoms with Crippen LogP contribution in [0.3, 0.4) is 0 Å². The van der Waals surface area contributed by atoms with Crippen molar-refractivity contribution in [2.75, 3.05) is 13.7 Å². The zero-order valence-electron chi connectivity index (χ0n) is 8.59. The molecule has 84 valence electrons. The summed E-state index contributed by atoms with van der Waals surface area (Å²) >= 11 is 7.36. The van der Waals surface area contributed by atoms with Crippen LogP contribution >= 0.6 is 22.9 Å². The molecular formula is C10H14ClNO2S. The van der Waals surface area contributed by atoms with Crippen molar-refractivity contribution in [3.05, 3.63) is 21.3 Å². The second-order valence-electron chi connectivity index (χ2n) is 3.06. The molecule has 0 amide bonds. The Bertz CT molecular complexity index is 314. The number of methoxy groups -OCH3 is 1. The number of halogens is 1. The number of nitrogens with one attached hydrogen (secondary N) is 1. The van der Waals surface area contributed by atoms with Crippen molar-refractivity contribution in [1.29, 1.82) is 0 Å². The van der Waals surface area contributed by atoms with Gasteiger partial charge in [0.25, 0.3) is 0 Å². The fraction of sp³-hybridized carbons (Fsp3) is 0.500. The van der Waals surface area contributed by atoms with E-state index >= 15 is 0 Å². The molecule has 1 N–H and O–H groups in total. The van der Waals surface area contributed by atoms with Gasteiger partial charge in [-0.3, -0.25) is 4.79 Å². The number of hydrogen-bond acceptors (Lipinski definition) is 4. The third-order valence-electron chi connectivity index (χ3n) is 1.89. The van der Waals surface area contributed by atoms with E-state index in [2.05, 4.69) is 10.1 Å². The second kappa shape index (κ2) is 6.82. The van der Waals surface area contributed by atoms with Crippen LogP contribution in [-0.4, -0.2) is 19.6 Å². The van der Waals surface area contributed by atoms with Gasteiger partial charge in [0.15, 0.2) is 0 Å². The first-order valence-corrected chi connectivity index (χ1v) is 5.93. The molecule has 1 heterocycles. The molecule has 0 spiro atoms. The highest BCUT2D eigenvalue weighted by molar-refractivity contribution is 7.16. The number of rotatable bonds is 6. The van der Waals surface area contributed by atoms with E-state index in [4.69, 9.17) is 11.6 Å². The van der Waals surface area contributed by atoms with Crippen molar-refractivity contribution >= 4 is 28.9 Å². The van der Waals surface area contributed by atoms with E-state index in [0.29, 0.717) is 6.42 Å². The van der Waals surface area contributed by atoms with Gasteiger partial charge in [0.1, 0.15) is 0 Å². The van der Waals surface area contributed by atoms with E-state index in [1.54, 1.807) is 11.3 Å². The summed E-state index contributed by atoms with van der Waals surface area (Å²) in [5, 5.41) is 3.24. The Morgan fingerprint density at radius 3 is 3.00 bits per heavy atom. The minimum Gasteiger partial charge on any atom is -0.469 e. The standard InChI is InChI=1S/C10H14ClNO2S/c1-14-10(13)3-2-6-12-7-8-4-5-9(11)15-8/h4-5,12H,2-3,6-7H2,1H3. The van der Waals surface area contributed by atoms with Gasteiger partial charge in [0.05, 0.1) is 11.4 Å². The number of ether oxygens (including phenoxy) is 1. The van der Waals surface area contributed by atoms with Gasteiger partial charge in [-0.15, -0.1) is 11.3 Å². The van der Waals surface area contributed by atoms with E-state index in [9.17, 15) is 4.79 Å². The molecule has 5 heteroatoms. The van der Waals surface area contributed by atoms with E-state index in [0.717, 1.165) is 23.8 Å². The lowest BCUT2D eigenvalue weighted by atomic mass is 10.3. The van der Waals surface area contributed by atoms with Crippen LogP contribution in [-0.2, 0) is 16.1 Å². The maximum atomic E-state index is 10.8. The van der Waals surface area contributed by atoms with Crippen molar-refractivity contribution < 1.29 is 9.53 Å². The zero-order chi connectivity index (χ0) is 11.1. The van der Waals surface area contributed by atoms with Crippen LogP contribution in [0.2, 0.25) is 4.34 Å². The van der Waals surface area contributed by atoms with Gasteiger partial charge in [0.2, 0.25) is 0 Å². The minimum absolute atomic E-state index is 0.157. The predicted octanol–water partition coefficient (Wildman–Crippen LogP) is 2.44. The maximum absolute atomic E-state index is 10.8. The summed E-state index contributed by atoms with van der Waals surface area (Å²) in [5.74, 6) is -0.157. The summed E-state index contributed by atoms with van der Waals surface area (Å²) in [6.45, 7) is 1.61. The monoisotopic (exact) mass is 247 g/mol. The van der Waals surface area contributed by atoms with Crippen molar-refractivity contribution in [3.63, 3.8) is 0 Å². The Morgan fingerprint density at radius 1 is 1.60 bits per heavy atom. The topological polar surface area (TPSA) is 38.3 Å². The van der Waals surface area contributed by atoms with Gasteiger partial charge in [-0.2, -0.15) is 0 Å². The second-order valence-corrected chi connectivity index (χ2v) is 4.86. The van der Waals surface area contributed by atoms with Crippen LogP contribution in [0, 0.1) is 0 Å². The van der Waals surface area contributed by atoms with Crippen molar-refractivity contribution in [3.8, 4) is 0 Å². The molecule has 0 fully saturated rings. The molecule has 1 rings (SSSR count). The summed E-state index contributed by atoms with van der Waals surface area (Å²) in [4.78, 5) is 12.0. The molecular weight excluding hydrogens is 234 g/mol. The molecule has 0 radical (unpaired) electrons. The first kappa shape index (κ1) is 12.5. The van der Waals surface area contributed by atoms with Crippen LogP contribution < -0.4 is 5.32 Å². The zero-order valence-corrected chi connectivity index (χ0v) is 10.2. The number of carbonyl (C=O) groups is 1. The van der Waals surface area contributed by atoms with Crippen LogP contribution in [0.15, 0.2) is 12.1 Å². The highest BCUT2D eigenvalue weighted by atomic mass is 35.5. The molecule has 0 saturated heterocycles. The van der Waals surface area contributed by atoms with Gasteiger partial charge in [-0.1, -0.05) is 11.6 Å². The van der Waals surface area contributed by atoms with Crippen LogP contribution in [0.4, 0.5) is 0 Å². The molecule has 0 aromatic carbocycles. The molecule has 0 saturated carbocycles. The van der Waals surface area contributed by atoms with Crippen molar-refractivity contribution in [2.45, 2.75) is 19.4 Å². The average Bonchev–Trinajstić information content (AvgIpc) is 2.63. The predicted molar refractivity (Wildman–Crippen MR) is 62.3 cm³/mol. The molecule has 0 aliphatic carbocycles. The summed E-state index contributed by atoms with van der Waals surface area (Å²) in [5.41, 5.74) is 0. The number of hydrogen-bond donors (Lipinski definition) is 1. The molecule has 1 aromatic rings. The molecule has 0 unspecified atom stereocenters. The van der Waals surface area contributed by atoms with E-state index in [-0.39, 0.29) is 5.97 Å². The molecule has 3 nitrogen and oxygen atoms in total. The SMILES string of the molecule is COC(=O)CCCNCc1ccc(Cl)s1. The van der Waals surface area contributed by atoms with Crippen molar-refractivity contribution in [2.24, 2.45) is 0 Å². The Hall–Kier alpha value is -0.580. The van der Waals surface area contributed by atoms with E-state index < -0.39 is 0 Å². The van der Waals surface area contributed by atoms with Crippen LogP contribution in [0.5, 0.6) is 0 Å². The van der Waals surface area contributed by atoms with Gasteiger partial charge in [0, 0.05) is 17.8 Å². The maximum Gasteiger partial charge on any atom is 0.305 e. The molecule has 0 aliphatic rings. The summed E-state index contributed by atoms with van der Waals surface area (Å²) in [6.07, 6.45) is 1.26. The summed E-state index contributed by atoms with van der Waals surface area (Å²) < 4.78 is 5.34. The number of esters is 1. The van der Waals surface area contributed by atoms with E-state index in [1.807, 2.05) is 12.1 Å². The van der Waals surface area contributed by atoms with Crippen molar-refractivity contribution in [1.82, 2.24) is 5.32 Å². The molecule has 0 bridgehead atoms. The highest BCUT2D eigenvalue weighted by Crippen LogP contribution is 2.20. The summed E-state index contributed by atoms with van der Waals surface area (Å²) in [7, 11) is 1.41. The number of thiophene rings is 1. The molecule has 0 aliphatic heterocycles. The van der Waals surface area contributed by atoms with Gasteiger partial charge in [-0.05, 0) is 25.1 Å². The third kappa shape index (κ3) is 5.16. The smallest absolute Gasteiger partial charge is 0.305 e. The molecule has 15 heavy (non-hydrogen) atoms. The third-order valence-corrected chi connectivity index (χ3v) is 3.12. The lowest BCUT2D eigenvalue weighted by molar-refractivity contribution is -0.140. The number of carbonyl (C=O) groups excluding carboxylic acids is 1. The Balaban J connectivity index is 2.05. The fourth-order valence-corrected chi connectivity index (χ4v) is 2.18. The van der Waals surface area contributed by atoms with E-state index in [1.165, 1.54) is 12.0 Å². The first-order chi connectivity index (χ1) is 7.22. The van der Waals surface area contributed by atoms with Gasteiger partial charge >= 0.3 is 5.97 Å². The van der Waals surface area contributed by atoms with Gasteiger partial charge in [-0.25, -0.2) is 0 Å². The lowest BCUT2D eigenvalue weighted by Gasteiger charge is -2.01. The Kier molecular flexibility index (Phi) is 5.68. The largest absolute Gasteiger partial charge is 0.469 e. The lowest BCUT2D eigenvalue weighted by Crippen LogP contribution is -2.15. The first-order valence-electron chi connectivity index (χ1n) is 4.74. The quantitative estimate of drug-likeness (QED) is 0.620. The van der Waals surface area contributed by atoms with Gasteiger partial charge < -0.3 is 10.1 Å². The average molecular weight is 248 g/mol. The summed E-state index contributed by atoms with van der Waals surface area (Å²) in [6, 6.07) is 3.89. The highest BCUT2D eigenvalue weighted by Gasteiger charge is 2.00. The Morgan fingerprint density at radius 2 is 2.40 bits per heavy atom. The minimum atomic E-state index is -0.157. The Labute approximate surface area is 98.4 Å².